The van der Waals surface area contributed by atoms with Crippen LogP contribution < -0.4 is 27.4 Å². The first-order valence-electron chi connectivity index (χ1n) is 14.7. The standard InChI is InChI=1S/C33H36N6O8/c34-24(13-18-5-9-21(40)10-6-18)30(43)37-26(14-19-7-11-22(41)12-8-19)31(44)38-27(16-29(35)42)32(45)39-28(33(46)47)15-20-17-36-25-4-2-1-3-23(20)25/h1-12,17,24,26-28,36,40-41H,13-16,34H2,(H2,35,42)(H,37,43)(H,38,44)(H,39,45)(H,46,47). The van der Waals surface area contributed by atoms with Crippen LogP contribution in [0.4, 0.5) is 0 Å². The highest BCUT2D eigenvalue weighted by molar-refractivity contribution is 5.96. The van der Waals surface area contributed by atoms with Crippen LogP contribution in [0.3, 0.4) is 0 Å². The lowest BCUT2D eigenvalue weighted by Gasteiger charge is -2.25. The minimum atomic E-state index is -1.57. The van der Waals surface area contributed by atoms with Gasteiger partial charge in [0.2, 0.25) is 23.6 Å². The van der Waals surface area contributed by atoms with Crippen molar-refractivity contribution in [1.29, 1.82) is 0 Å². The number of rotatable bonds is 15. The van der Waals surface area contributed by atoms with Crippen LogP contribution in [0, 0.1) is 0 Å². The molecule has 1 aromatic heterocycles. The van der Waals surface area contributed by atoms with Crippen LogP contribution in [0.15, 0.2) is 79.0 Å². The Morgan fingerprint density at radius 1 is 0.681 bits per heavy atom. The molecule has 0 aliphatic rings. The number of carboxylic acid groups (broad SMARTS) is 1. The van der Waals surface area contributed by atoms with Gasteiger partial charge in [-0.1, -0.05) is 42.5 Å². The molecule has 0 fully saturated rings. The van der Waals surface area contributed by atoms with Crippen molar-refractivity contribution in [3.05, 3.63) is 95.7 Å². The van der Waals surface area contributed by atoms with Gasteiger partial charge in [-0.3, -0.25) is 19.2 Å². The second-order valence-corrected chi connectivity index (χ2v) is 11.1. The maximum Gasteiger partial charge on any atom is 0.326 e. The SMILES string of the molecule is NC(=O)CC(NC(=O)C(Cc1ccc(O)cc1)NC(=O)C(N)Cc1ccc(O)cc1)C(=O)NC(Cc1c[nH]c2ccccc12)C(=O)O. The van der Waals surface area contributed by atoms with Crippen molar-refractivity contribution in [3.63, 3.8) is 0 Å². The molecule has 0 saturated carbocycles. The molecule has 246 valence electrons. The van der Waals surface area contributed by atoms with Crippen LogP contribution >= 0.6 is 0 Å². The van der Waals surface area contributed by atoms with Crippen LogP contribution in [0.5, 0.6) is 11.5 Å². The number of aromatic amines is 1. The average Bonchev–Trinajstić information content (AvgIpc) is 3.44. The molecule has 0 saturated heterocycles. The molecule has 14 nitrogen and oxygen atoms in total. The van der Waals surface area contributed by atoms with Gasteiger partial charge in [0.15, 0.2) is 0 Å². The van der Waals surface area contributed by atoms with E-state index in [0.717, 1.165) is 10.9 Å². The first-order valence-corrected chi connectivity index (χ1v) is 14.7. The van der Waals surface area contributed by atoms with Crippen LogP contribution in [0.1, 0.15) is 23.1 Å². The maximum absolute atomic E-state index is 13.6. The summed E-state index contributed by atoms with van der Waals surface area (Å²) in [6, 6.07) is 13.8. The predicted molar refractivity (Wildman–Crippen MR) is 171 cm³/mol. The molecule has 47 heavy (non-hydrogen) atoms. The summed E-state index contributed by atoms with van der Waals surface area (Å²) in [5.41, 5.74) is 14.1. The zero-order valence-electron chi connectivity index (χ0n) is 25.2. The molecule has 0 radical (unpaired) electrons. The van der Waals surface area contributed by atoms with Crippen LogP contribution in [-0.2, 0) is 43.2 Å². The fourth-order valence-electron chi connectivity index (χ4n) is 5.01. The molecule has 4 unspecified atom stereocenters. The van der Waals surface area contributed by atoms with Crippen molar-refractivity contribution in [2.75, 3.05) is 0 Å². The number of fused-ring (bicyclic) bond motifs is 1. The third-order valence-corrected chi connectivity index (χ3v) is 7.49. The van der Waals surface area contributed by atoms with Crippen molar-refractivity contribution in [3.8, 4) is 11.5 Å². The number of hydrogen-bond donors (Lipinski definition) is 9. The van der Waals surface area contributed by atoms with Gasteiger partial charge in [0, 0.05) is 29.9 Å². The molecule has 0 aliphatic carbocycles. The summed E-state index contributed by atoms with van der Waals surface area (Å²) in [6.45, 7) is 0. The fraction of sp³-hybridized carbons (Fsp3) is 0.242. The predicted octanol–water partition coefficient (Wildman–Crippen LogP) is 0.349. The minimum Gasteiger partial charge on any atom is -0.508 e. The number of benzene rings is 3. The summed E-state index contributed by atoms with van der Waals surface area (Å²) < 4.78 is 0. The van der Waals surface area contributed by atoms with Gasteiger partial charge in [0.1, 0.15) is 29.6 Å². The van der Waals surface area contributed by atoms with Crippen molar-refractivity contribution in [2.45, 2.75) is 49.9 Å². The number of aromatic nitrogens is 1. The number of carboxylic acids is 1. The molecule has 4 atom stereocenters. The topological polar surface area (TPSA) is 250 Å². The summed E-state index contributed by atoms with van der Waals surface area (Å²) in [5.74, 6) is -4.79. The second kappa shape index (κ2) is 15.4. The molecule has 4 aromatic rings. The van der Waals surface area contributed by atoms with Crippen molar-refractivity contribution in [2.24, 2.45) is 11.5 Å². The Morgan fingerprint density at radius 3 is 1.81 bits per heavy atom. The van der Waals surface area contributed by atoms with E-state index in [9.17, 15) is 39.3 Å². The monoisotopic (exact) mass is 644 g/mol. The van der Waals surface area contributed by atoms with E-state index in [0.29, 0.717) is 16.7 Å². The molecule has 3 aromatic carbocycles. The Morgan fingerprint density at radius 2 is 1.21 bits per heavy atom. The minimum absolute atomic E-state index is 0.0199. The number of aromatic hydroxyl groups is 2. The van der Waals surface area contributed by atoms with E-state index in [4.69, 9.17) is 11.5 Å². The lowest BCUT2D eigenvalue weighted by Crippen LogP contribution is -2.58. The molecule has 4 amide bonds. The number of nitrogens with one attached hydrogen (secondary N) is 4. The Hall–Kier alpha value is -5.89. The van der Waals surface area contributed by atoms with E-state index >= 15 is 0 Å². The van der Waals surface area contributed by atoms with Crippen molar-refractivity contribution >= 4 is 40.5 Å². The molecule has 0 spiro atoms. The van der Waals surface area contributed by atoms with E-state index in [1.54, 1.807) is 30.5 Å². The molecular formula is C33H36N6O8. The van der Waals surface area contributed by atoms with E-state index in [-0.39, 0.29) is 30.8 Å². The molecule has 11 N–H and O–H groups in total. The summed E-state index contributed by atoms with van der Waals surface area (Å²) in [5, 5.41) is 37.2. The number of primary amides is 1. The van der Waals surface area contributed by atoms with E-state index < -0.39 is 60.2 Å². The fourth-order valence-corrected chi connectivity index (χ4v) is 5.01. The smallest absolute Gasteiger partial charge is 0.326 e. The number of hydrogen-bond acceptors (Lipinski definition) is 8. The lowest BCUT2D eigenvalue weighted by atomic mass is 10.0. The largest absolute Gasteiger partial charge is 0.508 e. The number of carbonyl (C=O) groups excluding carboxylic acids is 4. The Balaban J connectivity index is 1.50. The summed E-state index contributed by atoms with van der Waals surface area (Å²) in [4.78, 5) is 67.1. The highest BCUT2D eigenvalue weighted by Crippen LogP contribution is 2.19. The number of amides is 4. The van der Waals surface area contributed by atoms with Gasteiger partial charge in [0.05, 0.1) is 12.5 Å². The molecular weight excluding hydrogens is 608 g/mol. The van der Waals surface area contributed by atoms with Gasteiger partial charge in [-0.15, -0.1) is 0 Å². The van der Waals surface area contributed by atoms with Gasteiger partial charge in [-0.25, -0.2) is 4.79 Å². The highest BCUT2D eigenvalue weighted by atomic mass is 16.4. The van der Waals surface area contributed by atoms with Crippen LogP contribution in [-0.4, -0.2) is 74.1 Å². The first-order chi connectivity index (χ1) is 22.4. The van der Waals surface area contributed by atoms with Crippen LogP contribution in [0.25, 0.3) is 10.9 Å². The van der Waals surface area contributed by atoms with E-state index in [1.807, 2.05) is 12.1 Å². The number of aliphatic carboxylic acids is 1. The van der Waals surface area contributed by atoms with Gasteiger partial charge in [-0.2, -0.15) is 0 Å². The van der Waals surface area contributed by atoms with Gasteiger partial charge in [0.25, 0.3) is 0 Å². The van der Waals surface area contributed by atoms with Gasteiger partial charge >= 0.3 is 5.97 Å². The maximum atomic E-state index is 13.6. The number of nitrogens with two attached hydrogens (primary N) is 2. The number of carbonyl (C=O) groups is 5. The summed E-state index contributed by atoms with van der Waals surface area (Å²) in [6.07, 6.45) is 0.878. The third kappa shape index (κ3) is 9.55. The van der Waals surface area contributed by atoms with Gasteiger partial charge in [-0.05, 0) is 53.4 Å². The molecule has 14 heteroatoms. The Bertz CT molecular complexity index is 1740. The summed E-state index contributed by atoms with van der Waals surface area (Å²) in [7, 11) is 0. The normalized spacial score (nSPS) is 13.6. The van der Waals surface area contributed by atoms with Crippen LogP contribution in [0.2, 0.25) is 0 Å². The molecule has 0 bridgehead atoms. The molecule has 4 rings (SSSR count). The number of phenols is 2. The van der Waals surface area contributed by atoms with Gasteiger partial charge < -0.3 is 47.7 Å². The molecule has 1 heterocycles. The second-order valence-electron chi connectivity index (χ2n) is 11.1. The quantitative estimate of drug-likeness (QED) is 0.0864. The van der Waals surface area contributed by atoms with E-state index in [2.05, 4.69) is 20.9 Å². The average molecular weight is 645 g/mol. The Labute approximate surface area is 269 Å². The zero-order chi connectivity index (χ0) is 34.1. The number of para-hydroxylation sites is 1. The van der Waals surface area contributed by atoms with Crippen molar-refractivity contribution in [1.82, 2.24) is 20.9 Å². The number of H-pyrrole nitrogens is 1. The first kappa shape index (κ1) is 34.0. The molecule has 0 aliphatic heterocycles. The zero-order valence-corrected chi connectivity index (χ0v) is 25.2. The Kier molecular flexibility index (Phi) is 11.1. The van der Waals surface area contributed by atoms with Crippen molar-refractivity contribution < 1.29 is 39.3 Å². The lowest BCUT2D eigenvalue weighted by molar-refractivity contribution is -0.142. The third-order valence-electron chi connectivity index (χ3n) is 7.49. The summed E-state index contributed by atoms with van der Waals surface area (Å²) >= 11 is 0. The highest BCUT2D eigenvalue weighted by Gasteiger charge is 2.32. The van der Waals surface area contributed by atoms with E-state index in [1.165, 1.54) is 36.4 Å². The number of phenolic OH excluding ortho intramolecular Hbond substituents is 2.